The Kier molecular flexibility index (Phi) is 3.61. The first-order valence-electron chi connectivity index (χ1n) is 5.74. The summed E-state index contributed by atoms with van der Waals surface area (Å²) in [5.74, 6) is 0. The Morgan fingerprint density at radius 2 is 1.84 bits per heavy atom. The fourth-order valence-corrected chi connectivity index (χ4v) is 2.00. The van der Waals surface area contributed by atoms with Gasteiger partial charge in [-0.15, -0.1) is 0 Å². The maximum atomic E-state index is 12.5. The molecule has 0 saturated carbocycles. The van der Waals surface area contributed by atoms with Crippen LogP contribution in [0.15, 0.2) is 36.8 Å². The number of rotatable bonds is 3. The van der Waals surface area contributed by atoms with E-state index in [4.69, 9.17) is 0 Å². The lowest BCUT2D eigenvalue weighted by molar-refractivity contribution is -0.137. The number of aromatic nitrogens is 2. The van der Waals surface area contributed by atoms with Crippen LogP contribution in [0, 0.1) is 0 Å². The standard InChI is InChI=1S/C13H14F3N3/c1-17-12(11-7-18-8-19(11)2)9-3-5-10(6-4-9)13(14,15)16/h3-8,12,17H,1-2H3. The minimum atomic E-state index is -4.31. The van der Waals surface area contributed by atoms with Gasteiger partial charge < -0.3 is 9.88 Å². The van der Waals surface area contributed by atoms with Gasteiger partial charge in [-0.2, -0.15) is 13.2 Å². The average Bonchev–Trinajstić information content (AvgIpc) is 2.76. The summed E-state index contributed by atoms with van der Waals surface area (Å²) in [7, 11) is 3.60. The lowest BCUT2D eigenvalue weighted by Gasteiger charge is -2.18. The molecule has 2 rings (SSSR count). The Balaban J connectivity index is 2.33. The van der Waals surface area contributed by atoms with E-state index in [1.54, 1.807) is 19.6 Å². The number of imidazole rings is 1. The SMILES string of the molecule is CNC(c1ccc(C(F)(F)F)cc1)c1cncn1C. The van der Waals surface area contributed by atoms with E-state index < -0.39 is 11.7 Å². The van der Waals surface area contributed by atoms with Gasteiger partial charge in [0.2, 0.25) is 0 Å². The lowest BCUT2D eigenvalue weighted by Crippen LogP contribution is -2.20. The van der Waals surface area contributed by atoms with Crippen LogP contribution in [0.1, 0.15) is 22.9 Å². The smallest absolute Gasteiger partial charge is 0.336 e. The number of aryl methyl sites for hydroxylation is 1. The van der Waals surface area contributed by atoms with Crippen LogP contribution in [-0.4, -0.2) is 16.6 Å². The van der Waals surface area contributed by atoms with Crippen LogP contribution < -0.4 is 5.32 Å². The zero-order valence-electron chi connectivity index (χ0n) is 10.6. The molecule has 0 bridgehead atoms. The lowest BCUT2D eigenvalue weighted by atomic mass is 10.0. The van der Waals surface area contributed by atoms with Crippen LogP contribution in [0.2, 0.25) is 0 Å². The molecular weight excluding hydrogens is 255 g/mol. The van der Waals surface area contributed by atoms with E-state index >= 15 is 0 Å². The molecule has 0 saturated heterocycles. The van der Waals surface area contributed by atoms with Crippen molar-refractivity contribution in [1.82, 2.24) is 14.9 Å². The first-order chi connectivity index (χ1) is 8.93. The molecule has 0 aliphatic rings. The first-order valence-corrected chi connectivity index (χ1v) is 5.74. The van der Waals surface area contributed by atoms with Gasteiger partial charge in [0.1, 0.15) is 0 Å². The van der Waals surface area contributed by atoms with Gasteiger partial charge in [0, 0.05) is 7.05 Å². The molecule has 2 aromatic rings. The summed E-state index contributed by atoms with van der Waals surface area (Å²) in [6.45, 7) is 0. The second-order valence-corrected chi connectivity index (χ2v) is 4.27. The minimum Gasteiger partial charge on any atom is -0.336 e. The van der Waals surface area contributed by atoms with Crippen LogP contribution in [0.5, 0.6) is 0 Å². The molecule has 0 amide bonds. The summed E-state index contributed by atoms with van der Waals surface area (Å²) in [5.41, 5.74) is 1.01. The maximum Gasteiger partial charge on any atom is 0.416 e. The molecule has 1 atom stereocenters. The van der Waals surface area contributed by atoms with Crippen molar-refractivity contribution >= 4 is 0 Å². The highest BCUT2D eigenvalue weighted by Gasteiger charge is 2.30. The highest BCUT2D eigenvalue weighted by molar-refractivity contribution is 5.31. The molecule has 0 spiro atoms. The van der Waals surface area contributed by atoms with E-state index in [1.807, 2.05) is 11.6 Å². The molecule has 102 valence electrons. The van der Waals surface area contributed by atoms with E-state index in [-0.39, 0.29) is 6.04 Å². The van der Waals surface area contributed by atoms with E-state index in [2.05, 4.69) is 10.3 Å². The van der Waals surface area contributed by atoms with Gasteiger partial charge in [0.25, 0.3) is 0 Å². The van der Waals surface area contributed by atoms with E-state index in [0.29, 0.717) is 0 Å². The molecule has 1 aromatic heterocycles. The minimum absolute atomic E-state index is 0.185. The van der Waals surface area contributed by atoms with Gasteiger partial charge >= 0.3 is 6.18 Å². The van der Waals surface area contributed by atoms with Gasteiger partial charge in [0.15, 0.2) is 0 Å². The number of hydrogen-bond donors (Lipinski definition) is 1. The Morgan fingerprint density at radius 1 is 1.21 bits per heavy atom. The molecule has 6 heteroatoms. The summed E-state index contributed by atoms with van der Waals surface area (Å²) in [4.78, 5) is 4.02. The molecular formula is C13H14F3N3. The normalized spacial score (nSPS) is 13.5. The van der Waals surface area contributed by atoms with Crippen molar-refractivity contribution in [3.8, 4) is 0 Å². The van der Waals surface area contributed by atoms with E-state index in [1.165, 1.54) is 12.1 Å². The third-order valence-electron chi connectivity index (χ3n) is 3.01. The predicted molar refractivity (Wildman–Crippen MR) is 65.6 cm³/mol. The zero-order chi connectivity index (χ0) is 14.0. The molecule has 3 nitrogen and oxygen atoms in total. The number of alkyl halides is 3. The van der Waals surface area contributed by atoms with Crippen molar-refractivity contribution in [2.75, 3.05) is 7.05 Å². The molecule has 1 heterocycles. The molecule has 0 aliphatic carbocycles. The quantitative estimate of drug-likeness (QED) is 0.928. The second-order valence-electron chi connectivity index (χ2n) is 4.27. The summed E-state index contributed by atoms with van der Waals surface area (Å²) < 4.78 is 39.4. The molecule has 1 N–H and O–H groups in total. The highest BCUT2D eigenvalue weighted by atomic mass is 19.4. The van der Waals surface area contributed by atoms with Crippen LogP contribution in [0.25, 0.3) is 0 Å². The number of halogens is 3. The fourth-order valence-electron chi connectivity index (χ4n) is 2.00. The summed E-state index contributed by atoms with van der Waals surface area (Å²) >= 11 is 0. The van der Waals surface area contributed by atoms with Crippen LogP contribution >= 0.6 is 0 Å². The van der Waals surface area contributed by atoms with Crippen molar-refractivity contribution in [2.45, 2.75) is 12.2 Å². The summed E-state index contributed by atoms with van der Waals surface area (Å²) in [5, 5.41) is 3.08. The first kappa shape index (κ1) is 13.6. The summed E-state index contributed by atoms with van der Waals surface area (Å²) in [6, 6.07) is 4.97. The maximum absolute atomic E-state index is 12.5. The molecule has 1 aromatic carbocycles. The van der Waals surface area contributed by atoms with Crippen molar-refractivity contribution in [3.05, 3.63) is 53.6 Å². The van der Waals surface area contributed by atoms with E-state index in [9.17, 15) is 13.2 Å². The van der Waals surface area contributed by atoms with Crippen molar-refractivity contribution in [2.24, 2.45) is 7.05 Å². The number of nitrogens with zero attached hydrogens (tertiary/aromatic N) is 2. The molecule has 0 aliphatic heterocycles. The number of hydrogen-bond acceptors (Lipinski definition) is 2. The van der Waals surface area contributed by atoms with Crippen molar-refractivity contribution < 1.29 is 13.2 Å². The Bertz CT molecular complexity index is 543. The topological polar surface area (TPSA) is 29.9 Å². The fraction of sp³-hybridized carbons (Fsp3) is 0.308. The monoisotopic (exact) mass is 269 g/mol. The molecule has 1 unspecified atom stereocenters. The van der Waals surface area contributed by atoms with Gasteiger partial charge in [-0.1, -0.05) is 12.1 Å². The van der Waals surface area contributed by atoms with Gasteiger partial charge in [-0.25, -0.2) is 4.98 Å². The largest absolute Gasteiger partial charge is 0.416 e. The third kappa shape index (κ3) is 2.78. The van der Waals surface area contributed by atoms with E-state index in [0.717, 1.165) is 23.4 Å². The molecule has 0 radical (unpaired) electrons. The number of nitrogens with one attached hydrogen (secondary N) is 1. The van der Waals surface area contributed by atoms with Crippen LogP contribution in [0.3, 0.4) is 0 Å². The molecule has 19 heavy (non-hydrogen) atoms. The third-order valence-corrected chi connectivity index (χ3v) is 3.01. The van der Waals surface area contributed by atoms with Crippen molar-refractivity contribution in [3.63, 3.8) is 0 Å². The Labute approximate surface area is 109 Å². The Morgan fingerprint density at radius 3 is 2.26 bits per heavy atom. The van der Waals surface area contributed by atoms with Gasteiger partial charge in [-0.3, -0.25) is 0 Å². The Hall–Kier alpha value is -1.82. The highest BCUT2D eigenvalue weighted by Crippen LogP contribution is 2.30. The second kappa shape index (κ2) is 5.05. The van der Waals surface area contributed by atoms with Crippen molar-refractivity contribution in [1.29, 1.82) is 0 Å². The average molecular weight is 269 g/mol. The molecule has 0 fully saturated rings. The zero-order valence-corrected chi connectivity index (χ0v) is 10.6. The van der Waals surface area contributed by atoms with Gasteiger partial charge in [-0.05, 0) is 24.7 Å². The number of benzene rings is 1. The van der Waals surface area contributed by atoms with Crippen LogP contribution in [-0.2, 0) is 13.2 Å². The summed E-state index contributed by atoms with van der Waals surface area (Å²) in [6.07, 6.45) is -0.956. The van der Waals surface area contributed by atoms with Crippen LogP contribution in [0.4, 0.5) is 13.2 Å². The predicted octanol–water partition coefficient (Wildman–Crippen LogP) is 2.75. The van der Waals surface area contributed by atoms with Gasteiger partial charge in [0.05, 0.1) is 29.8 Å².